The average molecular weight is 329 g/mol. The number of benzene rings is 2. The molecule has 0 aliphatic heterocycles. The van der Waals surface area contributed by atoms with E-state index < -0.39 is 22.3 Å². The molecule has 0 aliphatic rings. The number of aromatic hydroxyl groups is 1. The second-order valence-electron chi connectivity index (χ2n) is 4.86. The summed E-state index contributed by atoms with van der Waals surface area (Å²) >= 11 is 0. The van der Waals surface area contributed by atoms with Crippen LogP contribution in [-0.4, -0.2) is 29.3 Å². The van der Waals surface area contributed by atoms with Crippen LogP contribution in [0.4, 0.5) is 5.69 Å². The zero-order valence-corrected chi connectivity index (χ0v) is 13.0. The van der Waals surface area contributed by atoms with Crippen molar-refractivity contribution < 1.29 is 19.6 Å². The maximum Gasteiger partial charge on any atom is 0.315 e. The molecule has 0 bridgehead atoms. The maximum atomic E-state index is 12.0. The number of hydrogen-bond acceptors (Lipinski definition) is 6. The number of phenolic OH excluding ortho intramolecular Hbond substituents is 1. The lowest BCUT2D eigenvalue weighted by Crippen LogP contribution is -2.18. The van der Waals surface area contributed by atoms with Gasteiger partial charge < -0.3 is 9.84 Å². The molecule has 8 nitrogen and oxygen atoms in total. The Bertz CT molecular complexity index is 817. The Kier molecular flexibility index (Phi) is 5.10. The lowest BCUT2D eigenvalue weighted by atomic mass is 10.1. The van der Waals surface area contributed by atoms with Crippen molar-refractivity contribution in [1.29, 1.82) is 0 Å². The molecule has 0 atom stereocenters. The highest BCUT2D eigenvalue weighted by Crippen LogP contribution is 2.33. The van der Waals surface area contributed by atoms with E-state index in [4.69, 9.17) is 4.74 Å². The Hall–Kier alpha value is -3.42. The van der Waals surface area contributed by atoms with Crippen LogP contribution >= 0.6 is 0 Å². The number of nitrogens with one attached hydrogen (secondary N) is 1. The van der Waals surface area contributed by atoms with E-state index in [1.165, 1.54) is 13.2 Å². The smallest absolute Gasteiger partial charge is 0.315 e. The summed E-state index contributed by atoms with van der Waals surface area (Å²) < 4.78 is 4.95. The van der Waals surface area contributed by atoms with Crippen molar-refractivity contribution in [2.75, 3.05) is 7.11 Å². The van der Waals surface area contributed by atoms with Crippen LogP contribution in [-0.2, 0) is 0 Å². The predicted octanol–water partition coefficient (Wildman–Crippen LogP) is 2.38. The van der Waals surface area contributed by atoms with Gasteiger partial charge in [-0.1, -0.05) is 18.2 Å². The zero-order chi connectivity index (χ0) is 17.7. The SMILES string of the molecule is COc1cc(/C=N\NC(=O)c2ccccc2C)c(O)c([N+](=O)[O-])c1. The first-order valence-electron chi connectivity index (χ1n) is 6.88. The van der Waals surface area contributed by atoms with Gasteiger partial charge in [0.2, 0.25) is 5.75 Å². The number of aryl methyl sites for hydroxylation is 1. The molecule has 0 saturated heterocycles. The fraction of sp³-hybridized carbons (Fsp3) is 0.125. The molecule has 0 aromatic heterocycles. The molecule has 124 valence electrons. The number of methoxy groups -OCH3 is 1. The first kappa shape index (κ1) is 16.9. The molecule has 0 fully saturated rings. The number of hydrogen-bond donors (Lipinski definition) is 2. The molecule has 2 aromatic carbocycles. The number of nitrogens with zero attached hydrogens (tertiary/aromatic N) is 2. The van der Waals surface area contributed by atoms with Gasteiger partial charge in [0.05, 0.1) is 24.3 Å². The van der Waals surface area contributed by atoms with E-state index in [0.29, 0.717) is 5.56 Å². The van der Waals surface area contributed by atoms with Crippen LogP contribution in [0.1, 0.15) is 21.5 Å². The number of carbonyl (C=O) groups excluding carboxylic acids is 1. The second kappa shape index (κ2) is 7.23. The Morgan fingerprint density at radius 3 is 2.71 bits per heavy atom. The molecule has 0 heterocycles. The first-order valence-corrected chi connectivity index (χ1v) is 6.88. The summed E-state index contributed by atoms with van der Waals surface area (Å²) in [5, 5.41) is 24.6. The third-order valence-electron chi connectivity index (χ3n) is 3.28. The molecule has 0 spiro atoms. The van der Waals surface area contributed by atoms with Gasteiger partial charge in [0.1, 0.15) is 5.75 Å². The monoisotopic (exact) mass is 329 g/mol. The van der Waals surface area contributed by atoms with Crippen molar-refractivity contribution in [2.24, 2.45) is 5.10 Å². The van der Waals surface area contributed by atoms with E-state index >= 15 is 0 Å². The van der Waals surface area contributed by atoms with Crippen molar-refractivity contribution in [3.63, 3.8) is 0 Å². The van der Waals surface area contributed by atoms with Gasteiger partial charge in [-0.2, -0.15) is 5.10 Å². The van der Waals surface area contributed by atoms with Crippen LogP contribution < -0.4 is 10.2 Å². The standard InChI is InChI=1S/C16H15N3O5/c1-10-5-3-4-6-13(10)16(21)18-17-9-11-7-12(24-2)8-14(15(11)20)19(22)23/h3-9,20H,1-2H3,(H,18,21)/b17-9-. The number of phenols is 1. The first-order chi connectivity index (χ1) is 11.4. The minimum Gasteiger partial charge on any atom is -0.502 e. The van der Waals surface area contributed by atoms with Crippen LogP contribution in [0.5, 0.6) is 11.5 Å². The van der Waals surface area contributed by atoms with Gasteiger partial charge >= 0.3 is 5.69 Å². The molecular formula is C16H15N3O5. The molecule has 2 rings (SSSR count). The highest BCUT2D eigenvalue weighted by molar-refractivity contribution is 5.96. The van der Waals surface area contributed by atoms with Gasteiger partial charge in [-0.3, -0.25) is 14.9 Å². The van der Waals surface area contributed by atoms with Crippen molar-refractivity contribution in [3.8, 4) is 11.5 Å². The fourth-order valence-corrected chi connectivity index (χ4v) is 2.02. The molecule has 0 saturated carbocycles. The van der Waals surface area contributed by atoms with Crippen molar-refractivity contribution in [2.45, 2.75) is 6.92 Å². The molecule has 1 amide bonds. The summed E-state index contributed by atoms with van der Waals surface area (Å²) in [6, 6.07) is 9.43. The van der Waals surface area contributed by atoms with Crippen molar-refractivity contribution in [3.05, 3.63) is 63.2 Å². The third-order valence-corrected chi connectivity index (χ3v) is 3.28. The van der Waals surface area contributed by atoms with E-state index in [1.807, 2.05) is 6.07 Å². The van der Waals surface area contributed by atoms with E-state index in [0.717, 1.165) is 17.8 Å². The second-order valence-corrected chi connectivity index (χ2v) is 4.86. The third kappa shape index (κ3) is 3.67. The van der Waals surface area contributed by atoms with Crippen LogP contribution in [0, 0.1) is 17.0 Å². The predicted molar refractivity (Wildman–Crippen MR) is 87.6 cm³/mol. The maximum absolute atomic E-state index is 12.0. The Balaban J connectivity index is 2.23. The van der Waals surface area contributed by atoms with Crippen LogP contribution in [0.3, 0.4) is 0 Å². The Labute approximate surface area is 137 Å². The van der Waals surface area contributed by atoms with Crippen LogP contribution in [0.2, 0.25) is 0 Å². The molecule has 24 heavy (non-hydrogen) atoms. The molecule has 0 radical (unpaired) electrons. The van der Waals surface area contributed by atoms with E-state index in [1.54, 1.807) is 25.1 Å². The summed E-state index contributed by atoms with van der Waals surface area (Å²) in [5.41, 5.74) is 3.08. The average Bonchev–Trinajstić information content (AvgIpc) is 2.56. The number of nitro groups is 1. The largest absolute Gasteiger partial charge is 0.502 e. The van der Waals surface area contributed by atoms with E-state index in [2.05, 4.69) is 10.5 Å². The molecule has 2 N–H and O–H groups in total. The van der Waals surface area contributed by atoms with Gasteiger partial charge in [0.25, 0.3) is 5.91 Å². The Morgan fingerprint density at radius 1 is 1.38 bits per heavy atom. The van der Waals surface area contributed by atoms with Gasteiger partial charge in [0.15, 0.2) is 0 Å². The highest BCUT2D eigenvalue weighted by atomic mass is 16.6. The number of carbonyl (C=O) groups is 1. The number of hydrazone groups is 1. The fourth-order valence-electron chi connectivity index (χ4n) is 2.02. The lowest BCUT2D eigenvalue weighted by molar-refractivity contribution is -0.385. The summed E-state index contributed by atoms with van der Waals surface area (Å²) in [4.78, 5) is 22.2. The zero-order valence-electron chi connectivity index (χ0n) is 13.0. The minimum atomic E-state index is -0.735. The highest BCUT2D eigenvalue weighted by Gasteiger charge is 2.18. The lowest BCUT2D eigenvalue weighted by Gasteiger charge is -2.05. The van der Waals surface area contributed by atoms with Gasteiger partial charge in [-0.25, -0.2) is 5.43 Å². The topological polar surface area (TPSA) is 114 Å². The van der Waals surface area contributed by atoms with Gasteiger partial charge in [0, 0.05) is 11.1 Å². The minimum absolute atomic E-state index is 0.0473. The van der Waals surface area contributed by atoms with Gasteiger partial charge in [-0.15, -0.1) is 0 Å². The summed E-state index contributed by atoms with van der Waals surface area (Å²) in [6.07, 6.45) is 1.11. The number of amides is 1. The molecule has 2 aromatic rings. The molecule has 8 heteroatoms. The normalized spacial score (nSPS) is 10.6. The Morgan fingerprint density at radius 2 is 2.08 bits per heavy atom. The van der Waals surface area contributed by atoms with Crippen LogP contribution in [0.25, 0.3) is 0 Å². The summed E-state index contributed by atoms with van der Waals surface area (Å²) in [5.74, 6) is -0.804. The number of rotatable bonds is 5. The molecular weight excluding hydrogens is 314 g/mol. The van der Waals surface area contributed by atoms with Crippen molar-refractivity contribution >= 4 is 17.8 Å². The molecule has 0 aliphatic carbocycles. The van der Waals surface area contributed by atoms with Crippen LogP contribution in [0.15, 0.2) is 41.5 Å². The summed E-state index contributed by atoms with van der Waals surface area (Å²) in [7, 11) is 1.34. The van der Waals surface area contributed by atoms with E-state index in [9.17, 15) is 20.0 Å². The number of nitro benzene ring substituents is 1. The quantitative estimate of drug-likeness (QED) is 0.496. The molecule has 0 unspecified atom stereocenters. The van der Waals surface area contributed by atoms with Gasteiger partial charge in [-0.05, 0) is 24.6 Å². The van der Waals surface area contributed by atoms with E-state index in [-0.39, 0.29) is 11.3 Å². The number of ether oxygens (including phenoxy) is 1. The summed E-state index contributed by atoms with van der Waals surface area (Å²) in [6.45, 7) is 1.79. The van der Waals surface area contributed by atoms with Crippen molar-refractivity contribution in [1.82, 2.24) is 5.43 Å².